The van der Waals surface area contributed by atoms with Gasteiger partial charge in [0.25, 0.3) is 0 Å². The summed E-state index contributed by atoms with van der Waals surface area (Å²) in [6.45, 7) is 0.563. The van der Waals surface area contributed by atoms with Gasteiger partial charge in [-0.1, -0.05) is 18.2 Å². The van der Waals surface area contributed by atoms with Crippen molar-refractivity contribution in [3.63, 3.8) is 0 Å². The van der Waals surface area contributed by atoms with Crippen molar-refractivity contribution in [1.82, 2.24) is 10.3 Å². The van der Waals surface area contributed by atoms with E-state index in [1.165, 1.54) is 6.07 Å². The van der Waals surface area contributed by atoms with Crippen LogP contribution < -0.4 is 5.32 Å². The Morgan fingerprint density at radius 1 is 1.25 bits per heavy atom. The number of pyridine rings is 1. The predicted octanol–water partition coefficient (Wildman–Crippen LogP) is 3.10. The summed E-state index contributed by atoms with van der Waals surface area (Å²) in [6, 6.07) is 8.76. The zero-order chi connectivity index (χ0) is 16.5. The first kappa shape index (κ1) is 15.3. The van der Waals surface area contributed by atoms with Gasteiger partial charge in [0.15, 0.2) is 0 Å². The molecule has 2 aliphatic rings. The first-order chi connectivity index (χ1) is 11.7. The number of hydrogen-bond donors (Lipinski definition) is 1. The van der Waals surface area contributed by atoms with Crippen LogP contribution in [-0.4, -0.2) is 17.5 Å². The summed E-state index contributed by atoms with van der Waals surface area (Å²) in [4.78, 5) is 16.9. The molecule has 2 aromatic rings. The molecule has 2 heterocycles. The van der Waals surface area contributed by atoms with E-state index in [-0.39, 0.29) is 29.8 Å². The Balaban J connectivity index is 1.50. The van der Waals surface area contributed by atoms with Crippen LogP contribution in [0.25, 0.3) is 0 Å². The van der Waals surface area contributed by atoms with Crippen LogP contribution in [0.15, 0.2) is 42.7 Å². The molecule has 0 bridgehead atoms. The number of nitrogens with one attached hydrogen (secondary N) is 1. The lowest BCUT2D eigenvalue weighted by Crippen LogP contribution is -2.34. The van der Waals surface area contributed by atoms with Crippen LogP contribution in [-0.2, 0) is 16.0 Å². The molecule has 1 amide bonds. The van der Waals surface area contributed by atoms with Crippen molar-refractivity contribution in [2.24, 2.45) is 5.92 Å². The minimum absolute atomic E-state index is 0.0246. The molecule has 1 aliphatic carbocycles. The molecule has 4 nitrogen and oxygen atoms in total. The average Bonchev–Trinajstić information content (AvgIpc) is 3.24. The monoisotopic (exact) mass is 326 g/mol. The number of benzene rings is 1. The highest BCUT2D eigenvalue weighted by Gasteiger charge is 2.37. The van der Waals surface area contributed by atoms with Gasteiger partial charge in [0.05, 0.1) is 18.1 Å². The van der Waals surface area contributed by atoms with Gasteiger partial charge in [-0.25, -0.2) is 4.39 Å². The molecule has 24 heavy (non-hydrogen) atoms. The first-order valence-electron chi connectivity index (χ1n) is 8.33. The second kappa shape index (κ2) is 6.32. The quantitative estimate of drug-likeness (QED) is 0.943. The third-order valence-electron chi connectivity index (χ3n) is 4.97. The molecule has 0 unspecified atom stereocenters. The fourth-order valence-corrected chi connectivity index (χ4v) is 3.77. The van der Waals surface area contributed by atoms with Crippen molar-refractivity contribution in [1.29, 1.82) is 0 Å². The number of rotatable bonds is 3. The van der Waals surface area contributed by atoms with Gasteiger partial charge in [-0.3, -0.25) is 9.78 Å². The van der Waals surface area contributed by atoms with E-state index < -0.39 is 0 Å². The van der Waals surface area contributed by atoms with Crippen LogP contribution in [0.2, 0.25) is 0 Å². The Labute approximate surface area is 140 Å². The molecular formula is C19H19FN2O2. The molecule has 124 valence electrons. The molecule has 1 aromatic heterocycles. The van der Waals surface area contributed by atoms with E-state index in [9.17, 15) is 9.18 Å². The zero-order valence-corrected chi connectivity index (χ0v) is 13.2. The van der Waals surface area contributed by atoms with E-state index >= 15 is 0 Å². The highest BCUT2D eigenvalue weighted by Crippen LogP contribution is 2.37. The van der Waals surface area contributed by atoms with E-state index in [4.69, 9.17) is 4.74 Å². The Kier molecular flexibility index (Phi) is 4.02. The van der Waals surface area contributed by atoms with Crippen molar-refractivity contribution in [3.05, 3.63) is 65.2 Å². The third-order valence-corrected chi connectivity index (χ3v) is 4.97. The number of amides is 1. The SMILES string of the molecule is O=C(N[C@H]1CCc2c(F)cccc21)[C@H]1CCO[C@@H]1c1cccnc1. The van der Waals surface area contributed by atoms with E-state index in [0.29, 0.717) is 19.4 Å². The number of ether oxygens (including phenoxy) is 1. The largest absolute Gasteiger partial charge is 0.373 e. The molecule has 1 N–H and O–H groups in total. The zero-order valence-electron chi connectivity index (χ0n) is 13.2. The Morgan fingerprint density at radius 3 is 3.00 bits per heavy atom. The van der Waals surface area contributed by atoms with Gasteiger partial charge in [-0.15, -0.1) is 0 Å². The van der Waals surface area contributed by atoms with Gasteiger partial charge in [0.2, 0.25) is 5.91 Å². The maximum absolute atomic E-state index is 13.8. The minimum Gasteiger partial charge on any atom is -0.373 e. The maximum Gasteiger partial charge on any atom is 0.226 e. The van der Waals surface area contributed by atoms with Crippen molar-refractivity contribution in [2.45, 2.75) is 31.4 Å². The average molecular weight is 326 g/mol. The number of aromatic nitrogens is 1. The van der Waals surface area contributed by atoms with Gasteiger partial charge < -0.3 is 10.1 Å². The van der Waals surface area contributed by atoms with E-state index in [1.807, 2.05) is 18.2 Å². The third kappa shape index (κ3) is 2.69. The van der Waals surface area contributed by atoms with Crippen molar-refractivity contribution < 1.29 is 13.9 Å². The van der Waals surface area contributed by atoms with Crippen molar-refractivity contribution in [3.8, 4) is 0 Å². The molecule has 1 aromatic carbocycles. The molecule has 4 rings (SSSR count). The molecule has 1 aliphatic heterocycles. The normalized spacial score (nSPS) is 25.5. The summed E-state index contributed by atoms with van der Waals surface area (Å²) >= 11 is 0. The number of fused-ring (bicyclic) bond motifs is 1. The number of carbonyl (C=O) groups is 1. The highest BCUT2D eigenvalue weighted by molar-refractivity contribution is 5.80. The molecule has 1 saturated heterocycles. The molecule has 5 heteroatoms. The summed E-state index contributed by atoms with van der Waals surface area (Å²) in [7, 11) is 0. The lowest BCUT2D eigenvalue weighted by atomic mass is 9.95. The standard InChI is InChI=1S/C19H19FN2O2/c20-16-5-1-4-14-13(16)6-7-17(14)22-19(23)15-8-10-24-18(15)12-3-2-9-21-11-12/h1-5,9,11,15,17-18H,6-8,10H2,(H,22,23)/t15-,17-,18+/m0/s1. The Hall–Kier alpha value is -2.27. The van der Waals surface area contributed by atoms with E-state index in [0.717, 1.165) is 23.1 Å². The number of halogens is 1. The molecule has 0 saturated carbocycles. The fourth-order valence-electron chi connectivity index (χ4n) is 3.77. The highest BCUT2D eigenvalue weighted by atomic mass is 19.1. The van der Waals surface area contributed by atoms with Crippen molar-refractivity contribution in [2.75, 3.05) is 6.61 Å². The smallest absolute Gasteiger partial charge is 0.226 e. The maximum atomic E-state index is 13.8. The van der Waals surface area contributed by atoms with Gasteiger partial charge >= 0.3 is 0 Å². The van der Waals surface area contributed by atoms with Crippen LogP contribution in [0.3, 0.4) is 0 Å². The number of nitrogens with zero attached hydrogens (tertiary/aromatic N) is 1. The number of hydrogen-bond acceptors (Lipinski definition) is 3. The second-order valence-corrected chi connectivity index (χ2v) is 6.38. The summed E-state index contributed by atoms with van der Waals surface area (Å²) in [5.74, 6) is -0.433. The lowest BCUT2D eigenvalue weighted by Gasteiger charge is -2.21. The van der Waals surface area contributed by atoms with Crippen LogP contribution in [0.4, 0.5) is 4.39 Å². The van der Waals surface area contributed by atoms with E-state index in [1.54, 1.807) is 18.5 Å². The second-order valence-electron chi connectivity index (χ2n) is 6.38. The molecule has 0 radical (unpaired) electrons. The van der Waals surface area contributed by atoms with Gasteiger partial charge in [-0.2, -0.15) is 0 Å². The Morgan fingerprint density at radius 2 is 2.17 bits per heavy atom. The van der Waals surface area contributed by atoms with Crippen LogP contribution in [0.5, 0.6) is 0 Å². The van der Waals surface area contributed by atoms with Gasteiger partial charge in [0.1, 0.15) is 5.82 Å². The lowest BCUT2D eigenvalue weighted by molar-refractivity contribution is -0.127. The summed E-state index contributed by atoms with van der Waals surface area (Å²) < 4.78 is 19.6. The molecule has 3 atom stereocenters. The predicted molar refractivity (Wildman–Crippen MR) is 86.6 cm³/mol. The fraction of sp³-hybridized carbons (Fsp3) is 0.368. The summed E-state index contributed by atoms with van der Waals surface area (Å²) in [6.07, 6.45) is 5.29. The first-order valence-corrected chi connectivity index (χ1v) is 8.33. The van der Waals surface area contributed by atoms with Crippen LogP contribution >= 0.6 is 0 Å². The van der Waals surface area contributed by atoms with Crippen LogP contribution in [0.1, 0.15) is 41.7 Å². The van der Waals surface area contributed by atoms with E-state index in [2.05, 4.69) is 10.3 Å². The molecular weight excluding hydrogens is 307 g/mol. The van der Waals surface area contributed by atoms with Gasteiger partial charge in [0, 0.05) is 19.0 Å². The van der Waals surface area contributed by atoms with Gasteiger partial charge in [-0.05, 0) is 48.1 Å². The minimum atomic E-state index is -0.257. The molecule has 0 spiro atoms. The molecule has 1 fully saturated rings. The Bertz CT molecular complexity index is 750. The summed E-state index contributed by atoms with van der Waals surface area (Å²) in [5, 5.41) is 3.10. The van der Waals surface area contributed by atoms with Crippen LogP contribution in [0, 0.1) is 11.7 Å². The summed E-state index contributed by atoms with van der Waals surface area (Å²) in [5.41, 5.74) is 2.56. The van der Waals surface area contributed by atoms with Crippen molar-refractivity contribution >= 4 is 5.91 Å². The number of carbonyl (C=O) groups excluding carboxylic acids is 1. The topological polar surface area (TPSA) is 51.2 Å².